The van der Waals surface area contributed by atoms with Gasteiger partial charge in [-0.3, -0.25) is 0 Å². The Balaban J connectivity index is 2.04. The molecule has 1 N–H and O–H groups in total. The van der Waals surface area contributed by atoms with E-state index in [2.05, 4.69) is 24.9 Å². The first kappa shape index (κ1) is 12.2. The largest absolute Gasteiger partial charge is 0.416 e. The minimum atomic E-state index is 0.512. The van der Waals surface area contributed by atoms with Gasteiger partial charge in [-0.2, -0.15) is 0 Å². The quantitative estimate of drug-likeness (QED) is 0.784. The fraction of sp³-hybridized carbons (Fsp3) is 0.250. The van der Waals surface area contributed by atoms with Crippen LogP contribution in [0.1, 0.15) is 11.6 Å². The number of aromatic nitrogens is 4. The first-order chi connectivity index (χ1) is 9.28. The van der Waals surface area contributed by atoms with Crippen LogP contribution in [0.15, 0.2) is 39.1 Å². The van der Waals surface area contributed by atoms with Crippen LogP contribution in [0.5, 0.6) is 0 Å². The lowest BCUT2D eigenvalue weighted by Crippen LogP contribution is -2.08. The van der Waals surface area contributed by atoms with Crippen LogP contribution in [-0.4, -0.2) is 26.6 Å². The van der Waals surface area contributed by atoms with Crippen LogP contribution in [-0.2, 0) is 6.54 Å². The molecule has 0 aromatic carbocycles. The van der Waals surface area contributed by atoms with Crippen molar-refractivity contribution in [1.82, 2.24) is 24.9 Å². The number of imidazole rings is 1. The zero-order valence-electron chi connectivity index (χ0n) is 10.6. The van der Waals surface area contributed by atoms with Crippen LogP contribution in [0.2, 0.25) is 0 Å². The molecule has 3 aromatic heterocycles. The second-order valence-electron chi connectivity index (χ2n) is 4.01. The summed E-state index contributed by atoms with van der Waals surface area (Å²) in [6, 6.07) is 5.93. The molecule has 0 aliphatic heterocycles. The number of hydrogen-bond acceptors (Lipinski definition) is 6. The minimum absolute atomic E-state index is 0.512. The zero-order valence-corrected chi connectivity index (χ0v) is 11.4. The number of pyridine rings is 1. The predicted molar refractivity (Wildman–Crippen MR) is 71.1 cm³/mol. The van der Waals surface area contributed by atoms with Crippen LogP contribution in [0.25, 0.3) is 5.65 Å². The van der Waals surface area contributed by atoms with Gasteiger partial charge in [0.15, 0.2) is 0 Å². The molecule has 0 bridgehead atoms. The Kier molecular flexibility index (Phi) is 3.22. The summed E-state index contributed by atoms with van der Waals surface area (Å²) in [6.45, 7) is 2.50. The van der Waals surface area contributed by atoms with Crippen LogP contribution < -0.4 is 5.32 Å². The zero-order chi connectivity index (χ0) is 13.2. The van der Waals surface area contributed by atoms with E-state index in [1.54, 1.807) is 6.92 Å². The van der Waals surface area contributed by atoms with Crippen molar-refractivity contribution in [3.8, 4) is 0 Å². The maximum atomic E-state index is 5.39. The molecule has 0 amide bonds. The number of nitrogens with one attached hydrogen (secondary N) is 1. The van der Waals surface area contributed by atoms with Crippen molar-refractivity contribution in [1.29, 1.82) is 0 Å². The molecule has 3 aromatic rings. The van der Waals surface area contributed by atoms with E-state index in [4.69, 9.17) is 4.42 Å². The van der Waals surface area contributed by atoms with Crippen molar-refractivity contribution in [3.63, 3.8) is 0 Å². The highest BCUT2D eigenvalue weighted by atomic mass is 32.2. The topological polar surface area (TPSA) is 68.2 Å². The molecular weight excluding hydrogens is 262 g/mol. The number of aryl methyl sites for hydroxylation is 1. The van der Waals surface area contributed by atoms with Gasteiger partial charge < -0.3 is 14.1 Å². The minimum Gasteiger partial charge on any atom is -0.416 e. The first-order valence-corrected chi connectivity index (χ1v) is 6.68. The van der Waals surface area contributed by atoms with Crippen LogP contribution in [0.3, 0.4) is 0 Å². The van der Waals surface area contributed by atoms with Crippen LogP contribution in [0, 0.1) is 6.92 Å². The summed E-state index contributed by atoms with van der Waals surface area (Å²) in [5.74, 6) is 0.557. The van der Waals surface area contributed by atoms with Gasteiger partial charge in [0.05, 0.1) is 5.69 Å². The Morgan fingerprint density at radius 3 is 3.00 bits per heavy atom. The first-order valence-electron chi connectivity index (χ1n) is 5.86. The van der Waals surface area contributed by atoms with E-state index < -0.39 is 0 Å². The maximum Gasteiger partial charge on any atom is 0.282 e. The SMILES string of the molecule is CNCc1c(Sc2nnc(C)o2)nc2ccccn12. The average molecular weight is 275 g/mol. The van der Waals surface area contributed by atoms with Gasteiger partial charge in [0.25, 0.3) is 5.22 Å². The van der Waals surface area contributed by atoms with Crippen molar-refractivity contribution in [3.05, 3.63) is 36.0 Å². The monoisotopic (exact) mass is 275 g/mol. The number of hydrogen-bond donors (Lipinski definition) is 1. The summed E-state index contributed by atoms with van der Waals surface area (Å²) in [5, 5.41) is 12.4. The van der Waals surface area contributed by atoms with Gasteiger partial charge in [0.1, 0.15) is 10.7 Å². The Labute approximate surface area is 114 Å². The van der Waals surface area contributed by atoms with Crippen LogP contribution >= 0.6 is 11.8 Å². The molecule has 6 nitrogen and oxygen atoms in total. The molecule has 7 heteroatoms. The van der Waals surface area contributed by atoms with E-state index in [1.807, 2.05) is 31.4 Å². The summed E-state index contributed by atoms with van der Waals surface area (Å²) in [5.41, 5.74) is 1.99. The molecule has 0 aliphatic rings. The van der Waals surface area contributed by atoms with E-state index in [1.165, 1.54) is 11.8 Å². The molecule has 0 saturated carbocycles. The van der Waals surface area contributed by atoms with Gasteiger partial charge in [-0.15, -0.1) is 10.2 Å². The molecule has 0 atom stereocenters. The van der Waals surface area contributed by atoms with E-state index in [0.29, 0.717) is 11.1 Å². The Morgan fingerprint density at radius 2 is 2.26 bits per heavy atom. The molecule has 3 rings (SSSR count). The van der Waals surface area contributed by atoms with Gasteiger partial charge in [0.2, 0.25) is 5.89 Å². The highest BCUT2D eigenvalue weighted by Crippen LogP contribution is 2.29. The van der Waals surface area contributed by atoms with Crippen LogP contribution in [0.4, 0.5) is 0 Å². The maximum absolute atomic E-state index is 5.39. The standard InChI is InChI=1S/C12H13N5OS/c1-8-15-16-12(18-8)19-11-9(7-13-2)17-6-4-3-5-10(17)14-11/h3-6,13H,7H2,1-2H3. The lowest BCUT2D eigenvalue weighted by atomic mass is 10.4. The molecular formula is C12H13N5OS. The molecule has 3 heterocycles. The summed E-state index contributed by atoms with van der Waals surface area (Å²) in [4.78, 5) is 4.59. The number of fused-ring (bicyclic) bond motifs is 1. The van der Waals surface area contributed by atoms with Gasteiger partial charge in [-0.05, 0) is 30.9 Å². The molecule has 0 saturated heterocycles. The van der Waals surface area contributed by atoms with Gasteiger partial charge in [-0.25, -0.2) is 4.98 Å². The summed E-state index contributed by atoms with van der Waals surface area (Å²) >= 11 is 1.39. The second kappa shape index (κ2) is 5.02. The van der Waals surface area contributed by atoms with E-state index in [9.17, 15) is 0 Å². The highest BCUT2D eigenvalue weighted by molar-refractivity contribution is 7.99. The lowest BCUT2D eigenvalue weighted by Gasteiger charge is -2.01. The van der Waals surface area contributed by atoms with Crippen molar-refractivity contribution in [2.45, 2.75) is 23.7 Å². The summed E-state index contributed by atoms with van der Waals surface area (Å²) in [6.07, 6.45) is 2.00. The number of rotatable bonds is 4. The molecule has 0 spiro atoms. The third-order valence-corrected chi connectivity index (χ3v) is 3.49. The van der Waals surface area contributed by atoms with E-state index >= 15 is 0 Å². The highest BCUT2D eigenvalue weighted by Gasteiger charge is 2.15. The van der Waals surface area contributed by atoms with E-state index in [0.717, 1.165) is 22.9 Å². The fourth-order valence-electron chi connectivity index (χ4n) is 1.84. The lowest BCUT2D eigenvalue weighted by molar-refractivity contribution is 0.429. The van der Waals surface area contributed by atoms with Crippen molar-refractivity contribution >= 4 is 17.4 Å². The predicted octanol–water partition coefficient (Wildman–Crippen LogP) is 1.90. The summed E-state index contributed by atoms with van der Waals surface area (Å²) in [7, 11) is 1.91. The fourth-order valence-corrected chi connectivity index (χ4v) is 2.67. The average Bonchev–Trinajstić information content (AvgIpc) is 2.96. The smallest absolute Gasteiger partial charge is 0.282 e. The Bertz CT molecular complexity index is 705. The molecule has 0 fully saturated rings. The summed E-state index contributed by atoms with van der Waals surface area (Å²) < 4.78 is 7.45. The molecule has 0 aliphatic carbocycles. The molecule has 98 valence electrons. The van der Waals surface area contributed by atoms with Crippen molar-refractivity contribution in [2.24, 2.45) is 0 Å². The third-order valence-electron chi connectivity index (χ3n) is 2.63. The van der Waals surface area contributed by atoms with E-state index in [-0.39, 0.29) is 0 Å². The molecule has 19 heavy (non-hydrogen) atoms. The third kappa shape index (κ3) is 2.34. The normalized spacial score (nSPS) is 11.3. The van der Waals surface area contributed by atoms with Gasteiger partial charge >= 0.3 is 0 Å². The Hall–Kier alpha value is -1.86. The van der Waals surface area contributed by atoms with Gasteiger partial charge in [0, 0.05) is 19.7 Å². The number of nitrogens with zero attached hydrogens (tertiary/aromatic N) is 4. The molecule has 0 radical (unpaired) electrons. The van der Waals surface area contributed by atoms with Crippen molar-refractivity contribution in [2.75, 3.05) is 7.05 Å². The second-order valence-corrected chi connectivity index (χ2v) is 4.95. The Morgan fingerprint density at radius 1 is 1.37 bits per heavy atom. The molecule has 0 unspecified atom stereocenters. The van der Waals surface area contributed by atoms with Gasteiger partial charge in [-0.1, -0.05) is 6.07 Å². The van der Waals surface area contributed by atoms with Crippen molar-refractivity contribution < 1.29 is 4.42 Å².